The van der Waals surface area contributed by atoms with Crippen molar-refractivity contribution in [1.82, 2.24) is 0 Å². The monoisotopic (exact) mass is 291 g/mol. The Labute approximate surface area is 126 Å². The van der Waals surface area contributed by atoms with Crippen LogP contribution in [0.5, 0.6) is 0 Å². The molecule has 0 bridgehead atoms. The molecule has 0 saturated carbocycles. The molecule has 1 saturated heterocycles. The third kappa shape index (κ3) is 5.14. The first-order chi connectivity index (χ1) is 10.0. The van der Waals surface area contributed by atoms with Crippen LogP contribution >= 0.6 is 0 Å². The number of nitrogens with one attached hydrogen (secondary N) is 1. The second-order valence-corrected chi connectivity index (χ2v) is 5.98. The Morgan fingerprint density at radius 2 is 2.19 bits per heavy atom. The number of ether oxygens (including phenoxy) is 2. The number of hydrogen-bond donors (Lipinski definition) is 1. The van der Waals surface area contributed by atoms with Crippen molar-refractivity contribution in [3.63, 3.8) is 0 Å². The quantitative estimate of drug-likeness (QED) is 0.907. The van der Waals surface area contributed by atoms with Gasteiger partial charge in [0.2, 0.25) is 5.91 Å². The van der Waals surface area contributed by atoms with Gasteiger partial charge in [0.05, 0.1) is 25.9 Å². The minimum absolute atomic E-state index is 0.0613. The fourth-order valence-electron chi connectivity index (χ4n) is 2.68. The van der Waals surface area contributed by atoms with Gasteiger partial charge in [-0.15, -0.1) is 0 Å². The molecule has 0 spiro atoms. The van der Waals surface area contributed by atoms with Crippen LogP contribution in [-0.2, 0) is 14.3 Å². The van der Waals surface area contributed by atoms with E-state index in [9.17, 15) is 4.79 Å². The summed E-state index contributed by atoms with van der Waals surface area (Å²) in [5.41, 5.74) is 3.20. The van der Waals surface area contributed by atoms with Crippen LogP contribution in [0.3, 0.4) is 0 Å². The highest BCUT2D eigenvalue weighted by molar-refractivity contribution is 5.91. The summed E-state index contributed by atoms with van der Waals surface area (Å²) in [6.07, 6.45) is 1.50. The van der Waals surface area contributed by atoms with Crippen LogP contribution in [0.2, 0.25) is 0 Å². The van der Waals surface area contributed by atoms with Crippen molar-refractivity contribution in [2.45, 2.75) is 39.7 Å². The second-order valence-electron chi connectivity index (χ2n) is 5.98. The molecule has 4 heteroatoms. The van der Waals surface area contributed by atoms with Crippen molar-refractivity contribution < 1.29 is 14.3 Å². The molecule has 116 valence electrons. The molecular weight excluding hydrogens is 266 g/mol. The van der Waals surface area contributed by atoms with Gasteiger partial charge in [-0.25, -0.2) is 0 Å². The number of anilines is 1. The Morgan fingerprint density at radius 1 is 1.38 bits per heavy atom. The SMILES string of the molecule is Cc1ccc(NC(=O)CC(C)CC2COCCO2)c(C)c1. The standard InChI is InChI=1S/C17H25NO3/c1-12-4-5-16(14(3)8-12)18-17(19)10-13(2)9-15-11-20-6-7-21-15/h4-5,8,13,15H,6-7,9-11H2,1-3H3,(H,18,19). The summed E-state index contributed by atoms with van der Waals surface area (Å²) >= 11 is 0. The van der Waals surface area contributed by atoms with Crippen molar-refractivity contribution in [2.75, 3.05) is 25.1 Å². The summed E-state index contributed by atoms with van der Waals surface area (Å²) in [6.45, 7) is 8.12. The van der Waals surface area contributed by atoms with E-state index in [0.717, 1.165) is 17.7 Å². The average Bonchev–Trinajstić information content (AvgIpc) is 2.43. The predicted octanol–water partition coefficient (Wildman–Crippen LogP) is 3.07. The zero-order valence-corrected chi connectivity index (χ0v) is 13.1. The fourth-order valence-corrected chi connectivity index (χ4v) is 2.68. The zero-order chi connectivity index (χ0) is 15.2. The van der Waals surface area contributed by atoms with E-state index in [4.69, 9.17) is 9.47 Å². The minimum atomic E-state index is 0.0613. The first kappa shape index (κ1) is 16.0. The maximum atomic E-state index is 12.1. The van der Waals surface area contributed by atoms with Crippen LogP contribution < -0.4 is 5.32 Å². The molecule has 1 aromatic rings. The van der Waals surface area contributed by atoms with Crippen molar-refractivity contribution >= 4 is 11.6 Å². The number of carbonyl (C=O) groups excluding carboxylic acids is 1. The van der Waals surface area contributed by atoms with Crippen LogP contribution in [0.15, 0.2) is 18.2 Å². The number of rotatable bonds is 5. The van der Waals surface area contributed by atoms with Crippen molar-refractivity contribution in [3.05, 3.63) is 29.3 Å². The van der Waals surface area contributed by atoms with Crippen molar-refractivity contribution in [1.29, 1.82) is 0 Å². The highest BCUT2D eigenvalue weighted by atomic mass is 16.6. The average molecular weight is 291 g/mol. The maximum absolute atomic E-state index is 12.1. The summed E-state index contributed by atoms with van der Waals surface area (Å²) in [6, 6.07) is 6.05. The van der Waals surface area contributed by atoms with E-state index < -0.39 is 0 Å². The molecule has 21 heavy (non-hydrogen) atoms. The molecule has 2 unspecified atom stereocenters. The smallest absolute Gasteiger partial charge is 0.224 e. The van der Waals surface area contributed by atoms with Gasteiger partial charge >= 0.3 is 0 Å². The Balaban J connectivity index is 1.80. The van der Waals surface area contributed by atoms with Gasteiger partial charge in [-0.2, -0.15) is 0 Å². The first-order valence-corrected chi connectivity index (χ1v) is 7.61. The third-order valence-corrected chi connectivity index (χ3v) is 3.74. The second kappa shape index (κ2) is 7.57. The molecule has 1 N–H and O–H groups in total. The number of hydrogen-bond acceptors (Lipinski definition) is 3. The Bertz CT molecular complexity index is 481. The summed E-state index contributed by atoms with van der Waals surface area (Å²) in [4.78, 5) is 12.1. The molecular formula is C17H25NO3. The molecule has 2 atom stereocenters. The third-order valence-electron chi connectivity index (χ3n) is 3.74. The number of amides is 1. The molecule has 0 aromatic heterocycles. The van der Waals surface area contributed by atoms with E-state index in [1.807, 2.05) is 26.0 Å². The summed E-state index contributed by atoms with van der Waals surface area (Å²) in [5.74, 6) is 0.341. The first-order valence-electron chi connectivity index (χ1n) is 7.61. The highest BCUT2D eigenvalue weighted by Gasteiger charge is 2.19. The molecule has 4 nitrogen and oxygen atoms in total. The topological polar surface area (TPSA) is 47.6 Å². The zero-order valence-electron chi connectivity index (χ0n) is 13.1. The van der Waals surface area contributed by atoms with Gasteiger partial charge in [-0.1, -0.05) is 24.6 Å². The lowest BCUT2D eigenvalue weighted by Crippen LogP contribution is -2.30. The molecule has 1 aromatic carbocycles. The normalized spacial score (nSPS) is 20.0. The number of aryl methyl sites for hydroxylation is 2. The molecule has 0 aliphatic carbocycles. The highest BCUT2D eigenvalue weighted by Crippen LogP contribution is 2.19. The predicted molar refractivity (Wildman–Crippen MR) is 83.5 cm³/mol. The van der Waals surface area contributed by atoms with Gasteiger partial charge in [0.1, 0.15) is 0 Å². The van der Waals surface area contributed by atoms with Gasteiger partial charge in [-0.05, 0) is 37.8 Å². The van der Waals surface area contributed by atoms with E-state index in [0.29, 0.717) is 26.2 Å². The number of benzene rings is 1. The van der Waals surface area contributed by atoms with Gasteiger partial charge in [-0.3, -0.25) is 4.79 Å². The lowest BCUT2D eigenvalue weighted by Gasteiger charge is -2.25. The van der Waals surface area contributed by atoms with E-state index in [1.165, 1.54) is 5.56 Å². The molecule has 1 fully saturated rings. The van der Waals surface area contributed by atoms with Crippen LogP contribution in [0.1, 0.15) is 30.9 Å². The molecule has 0 radical (unpaired) electrons. The van der Waals surface area contributed by atoms with Gasteiger partial charge in [0, 0.05) is 12.1 Å². The maximum Gasteiger partial charge on any atom is 0.224 e. The largest absolute Gasteiger partial charge is 0.376 e. The molecule has 2 rings (SSSR count). The van der Waals surface area contributed by atoms with E-state index in [2.05, 4.69) is 18.3 Å². The molecule has 1 heterocycles. The van der Waals surface area contributed by atoms with Gasteiger partial charge < -0.3 is 14.8 Å². The minimum Gasteiger partial charge on any atom is -0.376 e. The van der Waals surface area contributed by atoms with Gasteiger partial charge in [0.15, 0.2) is 0 Å². The molecule has 1 aliphatic rings. The van der Waals surface area contributed by atoms with Crippen molar-refractivity contribution in [3.8, 4) is 0 Å². The number of carbonyl (C=O) groups is 1. The Morgan fingerprint density at radius 3 is 2.86 bits per heavy atom. The van der Waals surface area contributed by atoms with Crippen LogP contribution in [-0.4, -0.2) is 31.8 Å². The molecule has 1 amide bonds. The fraction of sp³-hybridized carbons (Fsp3) is 0.588. The lowest BCUT2D eigenvalue weighted by atomic mass is 9.99. The molecule has 1 aliphatic heterocycles. The van der Waals surface area contributed by atoms with Crippen LogP contribution in [0.4, 0.5) is 5.69 Å². The van der Waals surface area contributed by atoms with E-state index >= 15 is 0 Å². The van der Waals surface area contributed by atoms with Crippen LogP contribution in [0, 0.1) is 19.8 Å². The summed E-state index contributed by atoms with van der Waals surface area (Å²) in [5, 5.41) is 2.99. The Hall–Kier alpha value is -1.39. The van der Waals surface area contributed by atoms with Crippen molar-refractivity contribution in [2.24, 2.45) is 5.92 Å². The van der Waals surface area contributed by atoms with Crippen LogP contribution in [0.25, 0.3) is 0 Å². The van der Waals surface area contributed by atoms with E-state index in [-0.39, 0.29) is 17.9 Å². The summed E-state index contributed by atoms with van der Waals surface area (Å²) < 4.78 is 11.0. The summed E-state index contributed by atoms with van der Waals surface area (Å²) in [7, 11) is 0. The Kier molecular flexibility index (Phi) is 5.76. The lowest BCUT2D eigenvalue weighted by molar-refractivity contribution is -0.118. The van der Waals surface area contributed by atoms with E-state index in [1.54, 1.807) is 0 Å². The van der Waals surface area contributed by atoms with Gasteiger partial charge in [0.25, 0.3) is 0 Å².